The van der Waals surface area contributed by atoms with Crippen LogP contribution in [0.5, 0.6) is 0 Å². The second-order valence-electron chi connectivity index (χ2n) is 4.23. The molecular formula is C12H19N7. The van der Waals surface area contributed by atoms with E-state index in [1.807, 2.05) is 4.57 Å². The number of rotatable bonds is 6. The predicted octanol–water partition coefficient (Wildman–Crippen LogP) is 1.23. The lowest BCUT2D eigenvalue weighted by atomic mass is 10.3. The number of aryl methyl sites for hydroxylation is 2. The van der Waals surface area contributed by atoms with Gasteiger partial charge in [0.1, 0.15) is 23.8 Å². The quantitative estimate of drug-likeness (QED) is 0.812. The zero-order valence-corrected chi connectivity index (χ0v) is 11.3. The standard InChI is InChI=1S/C12H19N7/c1-3-5-10-16-9(13)6-11(17-10)14-7-12-18-15-8-19(12)4-2/h6,8H,3-5,7H2,1-2H3,(H3,13,14,16,17). The van der Waals surface area contributed by atoms with Gasteiger partial charge in [-0.15, -0.1) is 10.2 Å². The number of aromatic nitrogens is 5. The minimum Gasteiger partial charge on any atom is -0.384 e. The highest BCUT2D eigenvalue weighted by Crippen LogP contribution is 2.10. The van der Waals surface area contributed by atoms with Crippen molar-refractivity contribution in [1.29, 1.82) is 0 Å². The third kappa shape index (κ3) is 3.40. The molecule has 102 valence electrons. The lowest BCUT2D eigenvalue weighted by Gasteiger charge is -2.08. The molecule has 3 N–H and O–H groups in total. The van der Waals surface area contributed by atoms with Gasteiger partial charge >= 0.3 is 0 Å². The van der Waals surface area contributed by atoms with Gasteiger partial charge in [-0.2, -0.15) is 0 Å². The van der Waals surface area contributed by atoms with Crippen LogP contribution in [0.15, 0.2) is 12.4 Å². The Bertz CT molecular complexity index is 535. The maximum atomic E-state index is 5.77. The molecule has 0 amide bonds. The molecular weight excluding hydrogens is 242 g/mol. The highest BCUT2D eigenvalue weighted by molar-refractivity contribution is 5.44. The van der Waals surface area contributed by atoms with E-state index in [0.29, 0.717) is 12.4 Å². The fraction of sp³-hybridized carbons (Fsp3) is 0.500. The Morgan fingerprint density at radius 2 is 2.16 bits per heavy atom. The molecule has 0 aliphatic rings. The van der Waals surface area contributed by atoms with Crippen molar-refractivity contribution < 1.29 is 0 Å². The molecule has 0 saturated heterocycles. The van der Waals surface area contributed by atoms with Gasteiger partial charge < -0.3 is 15.6 Å². The summed E-state index contributed by atoms with van der Waals surface area (Å²) in [5.74, 6) is 2.85. The van der Waals surface area contributed by atoms with E-state index in [4.69, 9.17) is 5.73 Å². The second kappa shape index (κ2) is 6.12. The van der Waals surface area contributed by atoms with Crippen LogP contribution >= 0.6 is 0 Å². The molecule has 2 rings (SSSR count). The van der Waals surface area contributed by atoms with E-state index < -0.39 is 0 Å². The summed E-state index contributed by atoms with van der Waals surface area (Å²) >= 11 is 0. The first-order chi connectivity index (χ1) is 9.22. The van der Waals surface area contributed by atoms with Gasteiger partial charge in [-0.25, -0.2) is 9.97 Å². The molecule has 0 aliphatic carbocycles. The minimum absolute atomic E-state index is 0.484. The lowest BCUT2D eigenvalue weighted by molar-refractivity contribution is 0.706. The molecule has 0 fully saturated rings. The molecule has 2 aromatic heterocycles. The summed E-state index contributed by atoms with van der Waals surface area (Å²) in [6.45, 7) is 5.55. The highest BCUT2D eigenvalue weighted by Gasteiger charge is 2.05. The molecule has 0 unspecified atom stereocenters. The molecule has 0 bridgehead atoms. The Hall–Kier alpha value is -2.18. The van der Waals surface area contributed by atoms with Crippen molar-refractivity contribution in [2.45, 2.75) is 39.8 Å². The van der Waals surface area contributed by atoms with Crippen LogP contribution in [0, 0.1) is 0 Å². The lowest BCUT2D eigenvalue weighted by Crippen LogP contribution is -2.10. The Morgan fingerprint density at radius 3 is 2.89 bits per heavy atom. The van der Waals surface area contributed by atoms with E-state index in [1.165, 1.54) is 0 Å². The molecule has 2 aromatic rings. The molecule has 7 nitrogen and oxygen atoms in total. The van der Waals surface area contributed by atoms with Crippen molar-refractivity contribution in [2.75, 3.05) is 11.1 Å². The average Bonchev–Trinajstić information content (AvgIpc) is 2.83. The van der Waals surface area contributed by atoms with E-state index in [0.717, 1.165) is 36.9 Å². The number of hydrogen-bond donors (Lipinski definition) is 2. The Kier molecular flexibility index (Phi) is 4.27. The average molecular weight is 261 g/mol. The third-order valence-corrected chi connectivity index (χ3v) is 2.73. The number of hydrogen-bond acceptors (Lipinski definition) is 6. The van der Waals surface area contributed by atoms with Crippen LogP contribution in [0.2, 0.25) is 0 Å². The van der Waals surface area contributed by atoms with Crippen molar-refractivity contribution in [3.8, 4) is 0 Å². The van der Waals surface area contributed by atoms with Crippen molar-refractivity contribution in [3.63, 3.8) is 0 Å². The monoisotopic (exact) mass is 261 g/mol. The summed E-state index contributed by atoms with van der Waals surface area (Å²) < 4.78 is 1.98. The topological polar surface area (TPSA) is 94.5 Å². The number of anilines is 2. The summed E-state index contributed by atoms with van der Waals surface area (Å²) in [6.07, 6.45) is 3.53. The molecule has 19 heavy (non-hydrogen) atoms. The van der Waals surface area contributed by atoms with Crippen LogP contribution in [0.3, 0.4) is 0 Å². The molecule has 0 saturated carbocycles. The normalized spacial score (nSPS) is 10.6. The van der Waals surface area contributed by atoms with Gasteiger partial charge in [-0.1, -0.05) is 6.92 Å². The molecule has 0 radical (unpaired) electrons. The SMILES string of the molecule is CCCc1nc(N)cc(NCc2nncn2CC)n1. The van der Waals surface area contributed by atoms with Crippen LogP contribution in [-0.2, 0) is 19.5 Å². The molecule has 7 heteroatoms. The van der Waals surface area contributed by atoms with Gasteiger partial charge in [-0.3, -0.25) is 0 Å². The van der Waals surface area contributed by atoms with Crippen molar-refractivity contribution in [1.82, 2.24) is 24.7 Å². The van der Waals surface area contributed by atoms with E-state index in [1.54, 1.807) is 12.4 Å². The summed E-state index contributed by atoms with van der Waals surface area (Å²) in [4.78, 5) is 8.61. The largest absolute Gasteiger partial charge is 0.384 e. The fourth-order valence-corrected chi connectivity index (χ4v) is 1.79. The zero-order valence-electron chi connectivity index (χ0n) is 11.3. The molecule has 0 atom stereocenters. The Morgan fingerprint density at radius 1 is 1.32 bits per heavy atom. The maximum absolute atomic E-state index is 5.77. The summed E-state index contributed by atoms with van der Waals surface area (Å²) in [5.41, 5.74) is 5.77. The predicted molar refractivity (Wildman–Crippen MR) is 73.5 cm³/mol. The number of nitrogens with zero attached hydrogens (tertiary/aromatic N) is 5. The van der Waals surface area contributed by atoms with Gasteiger partial charge in [0, 0.05) is 19.0 Å². The van der Waals surface area contributed by atoms with Gasteiger partial charge in [0.15, 0.2) is 5.82 Å². The first kappa shape index (κ1) is 13.3. The Balaban J connectivity index is 2.06. The van der Waals surface area contributed by atoms with E-state index in [9.17, 15) is 0 Å². The van der Waals surface area contributed by atoms with Gasteiger partial charge in [0.05, 0.1) is 6.54 Å². The smallest absolute Gasteiger partial charge is 0.152 e. The van der Waals surface area contributed by atoms with E-state index in [2.05, 4.69) is 39.3 Å². The number of nitrogen functional groups attached to an aromatic ring is 1. The van der Waals surface area contributed by atoms with Gasteiger partial charge in [0.25, 0.3) is 0 Å². The zero-order chi connectivity index (χ0) is 13.7. The van der Waals surface area contributed by atoms with E-state index >= 15 is 0 Å². The molecule has 0 spiro atoms. The maximum Gasteiger partial charge on any atom is 0.152 e. The number of nitrogens with two attached hydrogens (primary N) is 1. The van der Waals surface area contributed by atoms with Crippen molar-refractivity contribution in [3.05, 3.63) is 24.0 Å². The highest BCUT2D eigenvalue weighted by atomic mass is 15.3. The van der Waals surface area contributed by atoms with Crippen LogP contribution in [0.1, 0.15) is 31.9 Å². The molecule has 0 aliphatic heterocycles. The first-order valence-electron chi connectivity index (χ1n) is 6.47. The van der Waals surface area contributed by atoms with Crippen LogP contribution < -0.4 is 11.1 Å². The fourth-order valence-electron chi connectivity index (χ4n) is 1.79. The molecule has 2 heterocycles. The van der Waals surface area contributed by atoms with Crippen LogP contribution in [0.4, 0.5) is 11.6 Å². The summed E-state index contributed by atoms with van der Waals surface area (Å²) in [7, 11) is 0. The van der Waals surface area contributed by atoms with Crippen molar-refractivity contribution >= 4 is 11.6 Å². The molecule has 0 aromatic carbocycles. The summed E-state index contributed by atoms with van der Waals surface area (Å²) in [5, 5.41) is 11.2. The second-order valence-corrected chi connectivity index (χ2v) is 4.23. The Labute approximate surface area is 112 Å². The number of nitrogens with one attached hydrogen (secondary N) is 1. The van der Waals surface area contributed by atoms with Gasteiger partial charge in [-0.05, 0) is 13.3 Å². The van der Waals surface area contributed by atoms with Crippen LogP contribution in [0.25, 0.3) is 0 Å². The van der Waals surface area contributed by atoms with E-state index in [-0.39, 0.29) is 0 Å². The third-order valence-electron chi connectivity index (χ3n) is 2.73. The van der Waals surface area contributed by atoms with Crippen LogP contribution in [-0.4, -0.2) is 24.7 Å². The summed E-state index contributed by atoms with van der Waals surface area (Å²) in [6, 6.07) is 1.73. The first-order valence-corrected chi connectivity index (χ1v) is 6.47. The minimum atomic E-state index is 0.484. The van der Waals surface area contributed by atoms with Gasteiger partial charge in [0.2, 0.25) is 0 Å². The van der Waals surface area contributed by atoms with Crippen molar-refractivity contribution in [2.24, 2.45) is 0 Å².